The molecule has 0 aliphatic carbocycles. The Hall–Kier alpha value is -2.74. The standard InChI is InChI=1S/C20H16N2/c1-21-9-7-15-17-11-14-4-6-20-16(8-10-22(20)2)18(14)12-13(17)3-5-19(15)21/h3-12H,1-2H3. The Labute approximate surface area is 128 Å². The summed E-state index contributed by atoms with van der Waals surface area (Å²) >= 11 is 0. The van der Waals surface area contributed by atoms with Gasteiger partial charge < -0.3 is 9.13 Å². The maximum atomic E-state index is 2.33. The van der Waals surface area contributed by atoms with Gasteiger partial charge in [0.05, 0.1) is 0 Å². The minimum absolute atomic E-state index is 1.28. The third-order valence-corrected chi connectivity index (χ3v) is 4.89. The first-order chi connectivity index (χ1) is 10.7. The lowest BCUT2D eigenvalue weighted by Crippen LogP contribution is -1.85. The molecular formula is C20H16N2. The van der Waals surface area contributed by atoms with E-state index >= 15 is 0 Å². The second-order valence-electron chi connectivity index (χ2n) is 6.14. The first-order valence-corrected chi connectivity index (χ1v) is 7.58. The highest BCUT2D eigenvalue weighted by atomic mass is 14.9. The molecule has 5 aromatic rings. The molecule has 0 aliphatic rings. The van der Waals surface area contributed by atoms with E-state index in [2.05, 4.69) is 84.2 Å². The number of nitrogens with zero attached hydrogens (tertiary/aromatic N) is 2. The van der Waals surface area contributed by atoms with Gasteiger partial charge in [-0.2, -0.15) is 0 Å². The smallest absolute Gasteiger partial charge is 0.0484 e. The second-order valence-corrected chi connectivity index (χ2v) is 6.14. The highest BCUT2D eigenvalue weighted by Gasteiger charge is 2.08. The van der Waals surface area contributed by atoms with E-state index in [9.17, 15) is 0 Å². The lowest BCUT2D eigenvalue weighted by molar-refractivity contribution is 0.969. The lowest BCUT2D eigenvalue weighted by atomic mass is 9.99. The van der Waals surface area contributed by atoms with E-state index in [0.29, 0.717) is 0 Å². The summed E-state index contributed by atoms with van der Waals surface area (Å²) in [4.78, 5) is 0. The Balaban J connectivity index is 2.01. The van der Waals surface area contributed by atoms with Gasteiger partial charge in [0.1, 0.15) is 0 Å². The van der Waals surface area contributed by atoms with E-state index in [-0.39, 0.29) is 0 Å². The van der Waals surface area contributed by atoms with Gasteiger partial charge in [-0.1, -0.05) is 12.1 Å². The number of benzene rings is 3. The topological polar surface area (TPSA) is 9.86 Å². The summed E-state index contributed by atoms with van der Waals surface area (Å²) in [5.41, 5.74) is 2.57. The molecule has 0 radical (unpaired) electrons. The summed E-state index contributed by atoms with van der Waals surface area (Å²) in [6.07, 6.45) is 4.27. The van der Waals surface area contributed by atoms with E-state index in [4.69, 9.17) is 0 Å². The molecule has 2 nitrogen and oxygen atoms in total. The molecule has 0 N–H and O–H groups in total. The first-order valence-electron chi connectivity index (χ1n) is 7.58. The number of rotatable bonds is 0. The largest absolute Gasteiger partial charge is 0.351 e. The molecule has 3 aromatic carbocycles. The lowest BCUT2D eigenvalue weighted by Gasteiger charge is -2.07. The molecule has 0 saturated heterocycles. The Bertz CT molecular complexity index is 1090. The number of hydrogen-bond donors (Lipinski definition) is 0. The molecule has 0 aliphatic heterocycles. The molecule has 0 saturated carbocycles. The van der Waals surface area contributed by atoms with E-state index < -0.39 is 0 Å². The quantitative estimate of drug-likeness (QED) is 0.355. The van der Waals surface area contributed by atoms with Crippen LogP contribution in [0.5, 0.6) is 0 Å². The summed E-state index contributed by atoms with van der Waals surface area (Å²) in [5, 5.41) is 7.94. The third kappa shape index (κ3) is 1.39. The van der Waals surface area contributed by atoms with Crippen molar-refractivity contribution in [3.8, 4) is 0 Å². The van der Waals surface area contributed by atoms with Crippen molar-refractivity contribution in [3.05, 3.63) is 60.9 Å². The van der Waals surface area contributed by atoms with Gasteiger partial charge in [0.2, 0.25) is 0 Å². The fourth-order valence-electron chi connectivity index (χ4n) is 3.67. The summed E-state index contributed by atoms with van der Waals surface area (Å²) in [5.74, 6) is 0. The van der Waals surface area contributed by atoms with Crippen LogP contribution in [0.25, 0.3) is 43.4 Å². The van der Waals surface area contributed by atoms with Crippen LogP contribution in [0.15, 0.2) is 60.9 Å². The van der Waals surface area contributed by atoms with Crippen molar-refractivity contribution in [2.45, 2.75) is 0 Å². The molecule has 0 bridgehead atoms. The van der Waals surface area contributed by atoms with Crippen LogP contribution in [0, 0.1) is 0 Å². The van der Waals surface area contributed by atoms with Crippen LogP contribution in [-0.2, 0) is 14.1 Å². The van der Waals surface area contributed by atoms with Crippen LogP contribution in [0.1, 0.15) is 0 Å². The average molecular weight is 284 g/mol. The van der Waals surface area contributed by atoms with Gasteiger partial charge in [-0.15, -0.1) is 0 Å². The molecule has 22 heavy (non-hydrogen) atoms. The Morgan fingerprint density at radius 2 is 1.00 bits per heavy atom. The first kappa shape index (κ1) is 11.9. The van der Waals surface area contributed by atoms with E-state index in [1.165, 1.54) is 43.4 Å². The van der Waals surface area contributed by atoms with Crippen molar-refractivity contribution in [1.82, 2.24) is 9.13 Å². The van der Waals surface area contributed by atoms with Gasteiger partial charge >= 0.3 is 0 Å². The minimum Gasteiger partial charge on any atom is -0.351 e. The molecule has 0 amide bonds. The van der Waals surface area contributed by atoms with Gasteiger partial charge in [-0.05, 0) is 57.9 Å². The molecular weight excluding hydrogens is 268 g/mol. The number of aryl methyl sites for hydroxylation is 2. The van der Waals surface area contributed by atoms with Gasteiger partial charge in [0, 0.05) is 48.3 Å². The zero-order valence-corrected chi connectivity index (χ0v) is 12.7. The minimum atomic E-state index is 1.28. The van der Waals surface area contributed by atoms with Crippen molar-refractivity contribution in [1.29, 1.82) is 0 Å². The van der Waals surface area contributed by atoms with Crippen LogP contribution >= 0.6 is 0 Å². The SMILES string of the molecule is Cn1ccc2c3cc4ccc5c(ccn5C)c4cc3ccc21. The third-order valence-electron chi connectivity index (χ3n) is 4.89. The summed E-state index contributed by atoms with van der Waals surface area (Å²) < 4.78 is 4.36. The molecule has 0 fully saturated rings. The Morgan fingerprint density at radius 3 is 1.45 bits per heavy atom. The number of fused-ring (bicyclic) bond motifs is 6. The van der Waals surface area contributed by atoms with Crippen LogP contribution in [0.4, 0.5) is 0 Å². The average Bonchev–Trinajstić information content (AvgIpc) is 3.09. The zero-order chi connectivity index (χ0) is 14.8. The summed E-state index contributed by atoms with van der Waals surface area (Å²) in [6.45, 7) is 0. The van der Waals surface area contributed by atoms with Crippen molar-refractivity contribution in [3.63, 3.8) is 0 Å². The predicted octanol–water partition coefficient (Wildman–Crippen LogP) is 4.98. The van der Waals surface area contributed by atoms with Crippen LogP contribution in [0.3, 0.4) is 0 Å². The fraction of sp³-hybridized carbons (Fsp3) is 0.100. The second kappa shape index (κ2) is 3.92. The molecule has 2 aromatic heterocycles. The fourth-order valence-corrected chi connectivity index (χ4v) is 3.67. The van der Waals surface area contributed by atoms with Crippen LogP contribution in [-0.4, -0.2) is 9.13 Å². The molecule has 2 heteroatoms. The Kier molecular flexibility index (Phi) is 2.11. The maximum Gasteiger partial charge on any atom is 0.0484 e. The van der Waals surface area contributed by atoms with Crippen molar-refractivity contribution < 1.29 is 0 Å². The van der Waals surface area contributed by atoms with Gasteiger partial charge in [0.25, 0.3) is 0 Å². The molecule has 0 unspecified atom stereocenters. The zero-order valence-electron chi connectivity index (χ0n) is 12.7. The van der Waals surface area contributed by atoms with Gasteiger partial charge in [-0.3, -0.25) is 0 Å². The number of hydrogen-bond acceptors (Lipinski definition) is 0. The predicted molar refractivity (Wildman–Crippen MR) is 94.4 cm³/mol. The van der Waals surface area contributed by atoms with E-state index in [1.54, 1.807) is 0 Å². The monoisotopic (exact) mass is 284 g/mol. The van der Waals surface area contributed by atoms with Gasteiger partial charge in [0.15, 0.2) is 0 Å². The maximum absolute atomic E-state index is 2.33. The molecule has 106 valence electrons. The van der Waals surface area contributed by atoms with Crippen LogP contribution < -0.4 is 0 Å². The van der Waals surface area contributed by atoms with Crippen molar-refractivity contribution in [2.24, 2.45) is 14.1 Å². The van der Waals surface area contributed by atoms with Crippen LogP contribution in [0.2, 0.25) is 0 Å². The summed E-state index contributed by atoms with van der Waals surface area (Å²) in [6, 6.07) is 18.0. The molecule has 5 rings (SSSR count). The molecule has 0 spiro atoms. The highest BCUT2D eigenvalue weighted by Crippen LogP contribution is 2.33. The van der Waals surface area contributed by atoms with E-state index in [0.717, 1.165) is 0 Å². The summed E-state index contributed by atoms with van der Waals surface area (Å²) in [7, 11) is 4.20. The van der Waals surface area contributed by atoms with Crippen molar-refractivity contribution >= 4 is 43.4 Å². The normalized spacial score (nSPS) is 12.1. The molecule has 0 atom stereocenters. The highest BCUT2D eigenvalue weighted by molar-refractivity contribution is 6.16. The Morgan fingerprint density at radius 1 is 0.545 bits per heavy atom. The van der Waals surface area contributed by atoms with Crippen molar-refractivity contribution in [2.75, 3.05) is 0 Å². The van der Waals surface area contributed by atoms with E-state index in [1.807, 2.05) is 0 Å². The molecule has 2 heterocycles. The van der Waals surface area contributed by atoms with Gasteiger partial charge in [-0.25, -0.2) is 0 Å². The number of aromatic nitrogens is 2.